The van der Waals surface area contributed by atoms with Gasteiger partial charge in [0, 0.05) is 22.3 Å². The number of benzene rings is 4. The summed E-state index contributed by atoms with van der Waals surface area (Å²) in [7, 11) is 3.17. The van der Waals surface area contributed by atoms with E-state index in [1.807, 2.05) is 60.7 Å². The van der Waals surface area contributed by atoms with Gasteiger partial charge >= 0.3 is 0 Å². The van der Waals surface area contributed by atoms with Crippen LogP contribution in [0.25, 0.3) is 12.2 Å². The van der Waals surface area contributed by atoms with Gasteiger partial charge in [0.1, 0.15) is 11.5 Å². The molecule has 2 atom stereocenters. The maximum absolute atomic E-state index is 11.2. The van der Waals surface area contributed by atoms with E-state index in [-0.39, 0.29) is 0 Å². The second-order valence-electron chi connectivity index (χ2n) is 8.74. The van der Waals surface area contributed by atoms with E-state index in [9.17, 15) is 10.2 Å². The Morgan fingerprint density at radius 2 is 0.789 bits per heavy atom. The van der Waals surface area contributed by atoms with Gasteiger partial charge in [-0.2, -0.15) is 0 Å². The Labute approximate surface area is 223 Å². The molecule has 0 aliphatic rings. The van der Waals surface area contributed by atoms with Crippen LogP contribution < -0.4 is 9.47 Å². The molecule has 0 amide bonds. The van der Waals surface area contributed by atoms with Crippen molar-refractivity contribution in [3.05, 3.63) is 130 Å². The van der Waals surface area contributed by atoms with E-state index in [2.05, 4.69) is 11.8 Å². The molecule has 4 aromatic carbocycles. The van der Waals surface area contributed by atoms with Crippen LogP contribution in [0.1, 0.15) is 33.4 Å². The highest BCUT2D eigenvalue weighted by atomic mass is 16.5. The molecule has 0 saturated carbocycles. The fourth-order valence-electron chi connectivity index (χ4n) is 4.19. The standard InChI is InChI=1S/C34H28O4/c1-5-33(35,29-17-21-31(37-3)22-18-29)27-13-9-25(10-14-27)7-8-26-11-15-28(16-12-26)34(36,6-2)30-19-23-32(38-4)24-20-30/h1-2,7-24,35-36H,3-4H3/b8-7+. The van der Waals surface area contributed by atoms with Crippen molar-refractivity contribution in [3.63, 3.8) is 0 Å². The Balaban J connectivity index is 1.51. The third-order valence-corrected chi connectivity index (χ3v) is 6.56. The molecule has 4 aromatic rings. The van der Waals surface area contributed by atoms with Crippen molar-refractivity contribution in [3.8, 4) is 36.2 Å². The van der Waals surface area contributed by atoms with Gasteiger partial charge in [-0.3, -0.25) is 0 Å². The predicted octanol–water partition coefficient (Wildman–Crippen LogP) is 5.61. The van der Waals surface area contributed by atoms with E-state index in [0.717, 1.165) is 11.1 Å². The lowest BCUT2D eigenvalue weighted by Crippen LogP contribution is -2.24. The van der Waals surface area contributed by atoms with Gasteiger partial charge in [0.05, 0.1) is 14.2 Å². The summed E-state index contributed by atoms with van der Waals surface area (Å²) in [6.07, 6.45) is 15.4. The number of aliphatic hydroxyl groups is 2. The minimum atomic E-state index is -1.55. The highest BCUT2D eigenvalue weighted by Gasteiger charge is 2.30. The van der Waals surface area contributed by atoms with E-state index in [1.54, 1.807) is 62.8 Å². The third-order valence-electron chi connectivity index (χ3n) is 6.56. The molecule has 0 spiro atoms. The Kier molecular flexibility index (Phi) is 7.70. The Morgan fingerprint density at radius 1 is 0.526 bits per heavy atom. The molecule has 0 fully saturated rings. The molecule has 0 aliphatic heterocycles. The first kappa shape index (κ1) is 26.3. The molecule has 0 bridgehead atoms. The molecule has 0 heterocycles. The summed E-state index contributed by atoms with van der Waals surface area (Å²) in [4.78, 5) is 0. The van der Waals surface area contributed by atoms with E-state index >= 15 is 0 Å². The van der Waals surface area contributed by atoms with Crippen molar-refractivity contribution in [2.75, 3.05) is 14.2 Å². The summed E-state index contributed by atoms with van der Waals surface area (Å²) in [5.74, 6) is 6.42. The third kappa shape index (κ3) is 5.19. The van der Waals surface area contributed by atoms with Crippen LogP contribution in [-0.4, -0.2) is 24.4 Å². The van der Waals surface area contributed by atoms with Crippen LogP contribution in [0.2, 0.25) is 0 Å². The minimum absolute atomic E-state index is 0.589. The van der Waals surface area contributed by atoms with E-state index in [1.165, 1.54) is 0 Å². The van der Waals surface area contributed by atoms with E-state index in [4.69, 9.17) is 22.3 Å². The normalized spacial score (nSPS) is 14.1. The maximum Gasteiger partial charge on any atom is 0.176 e. The molecule has 0 saturated heterocycles. The lowest BCUT2D eigenvalue weighted by Gasteiger charge is -2.24. The van der Waals surface area contributed by atoms with Crippen molar-refractivity contribution in [1.29, 1.82) is 0 Å². The van der Waals surface area contributed by atoms with Crippen molar-refractivity contribution >= 4 is 12.2 Å². The fourth-order valence-corrected chi connectivity index (χ4v) is 4.19. The minimum Gasteiger partial charge on any atom is -0.497 e. The monoisotopic (exact) mass is 500 g/mol. The van der Waals surface area contributed by atoms with Crippen LogP contribution in [-0.2, 0) is 11.2 Å². The van der Waals surface area contributed by atoms with Crippen LogP contribution in [0.5, 0.6) is 11.5 Å². The average molecular weight is 501 g/mol. The molecular formula is C34H28O4. The molecule has 2 N–H and O–H groups in total. The Bertz CT molecular complexity index is 1370. The van der Waals surface area contributed by atoms with Gasteiger partial charge in [0.25, 0.3) is 0 Å². The van der Waals surface area contributed by atoms with Gasteiger partial charge in [0.15, 0.2) is 11.2 Å². The topological polar surface area (TPSA) is 58.9 Å². The second kappa shape index (κ2) is 11.1. The number of hydrogen-bond donors (Lipinski definition) is 2. The number of ether oxygens (including phenoxy) is 2. The van der Waals surface area contributed by atoms with Crippen molar-refractivity contribution in [2.24, 2.45) is 0 Å². The van der Waals surface area contributed by atoms with Crippen molar-refractivity contribution in [2.45, 2.75) is 11.2 Å². The highest BCUT2D eigenvalue weighted by Crippen LogP contribution is 2.32. The molecule has 188 valence electrons. The molecule has 4 nitrogen and oxygen atoms in total. The van der Waals surface area contributed by atoms with Gasteiger partial charge in [-0.1, -0.05) is 96.8 Å². The molecule has 0 radical (unpaired) electrons. The number of rotatable bonds is 8. The molecule has 4 rings (SSSR count). The van der Waals surface area contributed by atoms with Crippen LogP contribution in [0.3, 0.4) is 0 Å². The van der Waals surface area contributed by atoms with Crippen LogP contribution in [0, 0.1) is 24.7 Å². The second-order valence-corrected chi connectivity index (χ2v) is 8.74. The van der Waals surface area contributed by atoms with Crippen LogP contribution in [0.4, 0.5) is 0 Å². The Morgan fingerprint density at radius 3 is 1.03 bits per heavy atom. The van der Waals surface area contributed by atoms with Crippen molar-refractivity contribution in [1.82, 2.24) is 0 Å². The number of terminal acetylenes is 2. The summed E-state index contributed by atoms with van der Waals surface area (Å²) in [6, 6.07) is 28.9. The first-order chi connectivity index (χ1) is 18.4. The van der Waals surface area contributed by atoms with Gasteiger partial charge in [-0.25, -0.2) is 0 Å². The molecule has 2 unspecified atom stereocenters. The Hall–Kier alpha value is -4.74. The predicted molar refractivity (Wildman–Crippen MR) is 151 cm³/mol. The van der Waals surface area contributed by atoms with Gasteiger partial charge in [0.2, 0.25) is 0 Å². The lowest BCUT2D eigenvalue weighted by molar-refractivity contribution is 0.145. The van der Waals surface area contributed by atoms with Gasteiger partial charge < -0.3 is 19.7 Å². The van der Waals surface area contributed by atoms with Crippen LogP contribution in [0.15, 0.2) is 97.1 Å². The van der Waals surface area contributed by atoms with Gasteiger partial charge in [-0.15, -0.1) is 12.8 Å². The largest absolute Gasteiger partial charge is 0.497 e. The van der Waals surface area contributed by atoms with E-state index < -0.39 is 11.2 Å². The number of hydrogen-bond acceptors (Lipinski definition) is 4. The quantitative estimate of drug-likeness (QED) is 0.244. The smallest absolute Gasteiger partial charge is 0.176 e. The molecule has 0 aromatic heterocycles. The summed E-state index contributed by atoms with van der Waals surface area (Å²) < 4.78 is 10.4. The van der Waals surface area contributed by atoms with Crippen LogP contribution >= 0.6 is 0 Å². The first-order valence-corrected chi connectivity index (χ1v) is 11.9. The fraction of sp³-hybridized carbons (Fsp3) is 0.118. The summed E-state index contributed by atoms with van der Waals surface area (Å²) in [5.41, 5.74) is 1.13. The zero-order valence-electron chi connectivity index (χ0n) is 21.3. The summed E-state index contributed by atoms with van der Waals surface area (Å²) in [6.45, 7) is 0. The zero-order chi connectivity index (χ0) is 27.2. The van der Waals surface area contributed by atoms with Gasteiger partial charge in [-0.05, 0) is 35.4 Å². The molecule has 4 heteroatoms. The maximum atomic E-state index is 11.2. The SMILES string of the molecule is C#CC(O)(c1ccc(/C=C/c2ccc(C(O)(C#C)c3ccc(OC)cc3)cc2)cc1)c1ccc(OC)cc1. The highest BCUT2D eigenvalue weighted by molar-refractivity contribution is 5.70. The summed E-state index contributed by atoms with van der Waals surface area (Å²) in [5, 5.41) is 22.4. The first-order valence-electron chi connectivity index (χ1n) is 11.9. The molecule has 38 heavy (non-hydrogen) atoms. The summed E-state index contributed by atoms with van der Waals surface area (Å²) >= 11 is 0. The molecule has 0 aliphatic carbocycles. The van der Waals surface area contributed by atoms with Crippen molar-refractivity contribution < 1.29 is 19.7 Å². The zero-order valence-corrected chi connectivity index (χ0v) is 21.3. The average Bonchev–Trinajstić information content (AvgIpc) is 2.99. The number of methoxy groups -OCH3 is 2. The van der Waals surface area contributed by atoms with E-state index in [0.29, 0.717) is 33.8 Å². The lowest BCUT2D eigenvalue weighted by atomic mass is 9.86. The molecular weight excluding hydrogens is 472 g/mol.